The van der Waals surface area contributed by atoms with Crippen LogP contribution in [0.4, 0.5) is 39.5 Å². The minimum absolute atomic E-state index is 0.0632. The molecule has 0 aliphatic heterocycles. The summed E-state index contributed by atoms with van der Waals surface area (Å²) in [4.78, 5) is 0. The Morgan fingerprint density at radius 1 is 0.867 bits per heavy atom. The first-order valence-electron chi connectivity index (χ1n) is 8.86. The van der Waals surface area contributed by atoms with E-state index in [2.05, 4.69) is 4.74 Å². The molecule has 0 fully saturated rings. The summed E-state index contributed by atoms with van der Waals surface area (Å²) in [6.45, 7) is 3.29. The van der Waals surface area contributed by atoms with Gasteiger partial charge >= 0.3 is 5.92 Å². The van der Waals surface area contributed by atoms with E-state index in [1.165, 1.54) is 6.92 Å². The monoisotopic (exact) mass is 456 g/mol. The third-order valence-corrected chi connectivity index (χ3v) is 4.05. The molecule has 3 nitrogen and oxygen atoms in total. The molecule has 174 valence electrons. The summed E-state index contributed by atoms with van der Waals surface area (Å²) in [5.41, 5.74) is -7.68. The van der Waals surface area contributed by atoms with Crippen molar-refractivity contribution in [2.24, 2.45) is 0 Å². The molecule has 12 heteroatoms. The van der Waals surface area contributed by atoms with Crippen molar-refractivity contribution < 1.29 is 53.7 Å². The van der Waals surface area contributed by atoms with Gasteiger partial charge in [0, 0.05) is 6.61 Å². The summed E-state index contributed by atoms with van der Waals surface area (Å²) in [6.07, 6.45) is -3.58. The fourth-order valence-corrected chi connectivity index (χ4v) is 2.42. The quantitative estimate of drug-likeness (QED) is 0.355. The highest BCUT2D eigenvalue weighted by molar-refractivity contribution is 5.48. The van der Waals surface area contributed by atoms with Crippen LogP contribution in [0.2, 0.25) is 0 Å². The molecule has 0 bridgehead atoms. The van der Waals surface area contributed by atoms with E-state index >= 15 is 0 Å². The van der Waals surface area contributed by atoms with Gasteiger partial charge in [-0.05, 0) is 20.3 Å². The van der Waals surface area contributed by atoms with Crippen LogP contribution in [-0.4, -0.2) is 50.2 Å². The van der Waals surface area contributed by atoms with Crippen LogP contribution in [0.5, 0.6) is 0 Å². The Balaban J connectivity index is 2.89. The molecule has 1 aliphatic rings. The van der Waals surface area contributed by atoms with E-state index < -0.39 is 65.9 Å². The number of allylic oxidation sites excluding steroid dienone is 4. The van der Waals surface area contributed by atoms with Gasteiger partial charge < -0.3 is 14.2 Å². The second kappa shape index (κ2) is 10.7. The van der Waals surface area contributed by atoms with Crippen LogP contribution >= 0.6 is 0 Å². The van der Waals surface area contributed by atoms with Gasteiger partial charge in [0.25, 0.3) is 11.7 Å². The summed E-state index contributed by atoms with van der Waals surface area (Å²) >= 11 is 0. The molecule has 30 heavy (non-hydrogen) atoms. The topological polar surface area (TPSA) is 27.7 Å². The predicted octanol–water partition coefficient (Wildman–Crippen LogP) is 6.03. The van der Waals surface area contributed by atoms with E-state index in [1.54, 1.807) is 6.92 Å². The normalized spacial score (nSPS) is 23.6. The maximum Gasteiger partial charge on any atom is 0.345 e. The van der Waals surface area contributed by atoms with E-state index in [9.17, 15) is 39.5 Å². The molecule has 3 atom stereocenters. The Labute approximate surface area is 167 Å². The Morgan fingerprint density at radius 2 is 1.40 bits per heavy atom. The van der Waals surface area contributed by atoms with Gasteiger partial charge in [-0.25, -0.2) is 22.0 Å². The standard InChI is InChI=1S/C18H21F9O3/c1-4-5-29-10(3)7-30-9(2)6-28-8-11(16(23)24)17(25)14(21)12(19)13(20)15(22)18(17,26)27/h9-10H,4-8H2,1-3H3. The van der Waals surface area contributed by atoms with Crippen LogP contribution in [0.15, 0.2) is 35.0 Å². The van der Waals surface area contributed by atoms with Crippen molar-refractivity contribution in [2.75, 3.05) is 26.4 Å². The molecule has 0 aromatic carbocycles. The number of hydrogen-bond donors (Lipinski definition) is 0. The fourth-order valence-electron chi connectivity index (χ4n) is 2.42. The lowest BCUT2D eigenvalue weighted by Crippen LogP contribution is -2.51. The Morgan fingerprint density at radius 3 is 1.93 bits per heavy atom. The van der Waals surface area contributed by atoms with E-state index in [4.69, 9.17) is 9.47 Å². The SMILES string of the molecule is CCCOC(C)COC(C)COCC(=C(F)F)C1(F)C(F)=C(F)C(F)=C(F)C1(F)F. The molecular weight excluding hydrogens is 435 g/mol. The van der Waals surface area contributed by atoms with Crippen molar-refractivity contribution in [2.45, 2.75) is 51.0 Å². The van der Waals surface area contributed by atoms with Crippen LogP contribution in [-0.2, 0) is 14.2 Å². The van der Waals surface area contributed by atoms with Crippen LogP contribution in [0.3, 0.4) is 0 Å². The lowest BCUT2D eigenvalue weighted by molar-refractivity contribution is -0.109. The lowest BCUT2D eigenvalue weighted by Gasteiger charge is -2.35. The van der Waals surface area contributed by atoms with Gasteiger partial charge in [0.15, 0.2) is 17.5 Å². The second-order valence-corrected chi connectivity index (χ2v) is 6.57. The average Bonchev–Trinajstić information content (AvgIpc) is 2.69. The molecule has 3 unspecified atom stereocenters. The maximum atomic E-state index is 14.7. The molecule has 0 aromatic heterocycles. The van der Waals surface area contributed by atoms with Gasteiger partial charge in [0.05, 0.1) is 37.6 Å². The largest absolute Gasteiger partial charge is 0.376 e. The number of alkyl halides is 3. The van der Waals surface area contributed by atoms with E-state index in [0.29, 0.717) is 6.61 Å². The zero-order valence-corrected chi connectivity index (χ0v) is 16.3. The summed E-state index contributed by atoms with van der Waals surface area (Å²) < 4.78 is 137. The van der Waals surface area contributed by atoms with E-state index in [0.717, 1.165) is 6.42 Å². The first-order valence-corrected chi connectivity index (χ1v) is 8.86. The molecule has 1 rings (SSSR count). The van der Waals surface area contributed by atoms with Gasteiger partial charge in [-0.2, -0.15) is 17.6 Å². The molecule has 0 spiro atoms. The Kier molecular flexibility index (Phi) is 9.43. The van der Waals surface area contributed by atoms with Crippen LogP contribution < -0.4 is 0 Å². The number of halogens is 9. The first kappa shape index (κ1) is 26.5. The highest BCUT2D eigenvalue weighted by Gasteiger charge is 2.69. The van der Waals surface area contributed by atoms with Crippen molar-refractivity contribution >= 4 is 0 Å². The maximum absolute atomic E-state index is 14.7. The van der Waals surface area contributed by atoms with Gasteiger partial charge in [-0.15, -0.1) is 0 Å². The molecule has 0 saturated heterocycles. The molecule has 0 aromatic rings. The van der Waals surface area contributed by atoms with E-state index in [1.807, 2.05) is 6.92 Å². The molecule has 1 aliphatic carbocycles. The highest BCUT2D eigenvalue weighted by atomic mass is 19.3. The van der Waals surface area contributed by atoms with Gasteiger partial charge in [0.1, 0.15) is 0 Å². The van der Waals surface area contributed by atoms with E-state index in [-0.39, 0.29) is 12.7 Å². The predicted molar refractivity (Wildman–Crippen MR) is 88.5 cm³/mol. The molecule has 0 heterocycles. The third-order valence-electron chi connectivity index (χ3n) is 4.05. The summed E-state index contributed by atoms with van der Waals surface area (Å²) in [6, 6.07) is 0. The highest BCUT2D eigenvalue weighted by Crippen LogP contribution is 2.56. The number of rotatable bonds is 11. The molecule has 0 N–H and O–H groups in total. The molecular formula is C18H21F9O3. The number of ether oxygens (including phenoxy) is 3. The average molecular weight is 456 g/mol. The minimum Gasteiger partial charge on any atom is -0.376 e. The Hall–Kier alpha value is -1.53. The second-order valence-electron chi connectivity index (χ2n) is 6.57. The van der Waals surface area contributed by atoms with Crippen molar-refractivity contribution in [3.05, 3.63) is 35.0 Å². The van der Waals surface area contributed by atoms with Crippen LogP contribution in [0.1, 0.15) is 27.2 Å². The molecule has 0 amide bonds. The lowest BCUT2D eigenvalue weighted by atomic mass is 9.83. The fraction of sp³-hybridized carbons (Fsp3) is 0.667. The summed E-state index contributed by atoms with van der Waals surface area (Å²) in [7, 11) is 0. The van der Waals surface area contributed by atoms with Gasteiger partial charge in [0.2, 0.25) is 5.83 Å². The van der Waals surface area contributed by atoms with Crippen molar-refractivity contribution in [3.63, 3.8) is 0 Å². The zero-order chi connectivity index (χ0) is 23.3. The number of hydrogen-bond acceptors (Lipinski definition) is 3. The van der Waals surface area contributed by atoms with Crippen molar-refractivity contribution in [1.29, 1.82) is 0 Å². The van der Waals surface area contributed by atoms with Gasteiger partial charge in [-0.1, -0.05) is 6.92 Å². The van der Waals surface area contributed by atoms with Crippen LogP contribution in [0, 0.1) is 0 Å². The van der Waals surface area contributed by atoms with Crippen molar-refractivity contribution in [3.8, 4) is 0 Å². The van der Waals surface area contributed by atoms with Crippen LogP contribution in [0.25, 0.3) is 0 Å². The minimum atomic E-state index is -5.77. The summed E-state index contributed by atoms with van der Waals surface area (Å²) in [5, 5.41) is 0. The smallest absolute Gasteiger partial charge is 0.345 e. The molecule has 0 saturated carbocycles. The summed E-state index contributed by atoms with van der Waals surface area (Å²) in [5.74, 6) is -18.3. The van der Waals surface area contributed by atoms with Gasteiger partial charge in [-0.3, -0.25) is 0 Å². The molecule has 0 radical (unpaired) electrons. The zero-order valence-electron chi connectivity index (χ0n) is 16.3. The first-order chi connectivity index (χ1) is 13.8. The Bertz CT molecular complexity index is 701. The third kappa shape index (κ3) is 5.38. The van der Waals surface area contributed by atoms with Crippen molar-refractivity contribution in [1.82, 2.24) is 0 Å².